The molecule has 0 spiro atoms. The van der Waals surface area contributed by atoms with E-state index in [1.807, 2.05) is 0 Å². The van der Waals surface area contributed by atoms with Crippen molar-refractivity contribution in [2.75, 3.05) is 22.1 Å². The number of nitrogens with two attached hydrogens (primary N) is 1. The molecule has 0 fully saturated rings. The van der Waals surface area contributed by atoms with E-state index in [2.05, 4.69) is 10.6 Å². The number of halogens is 1. The predicted molar refractivity (Wildman–Crippen MR) is 104 cm³/mol. The molecule has 0 heterocycles. The molecule has 0 bridgehead atoms. The van der Waals surface area contributed by atoms with Crippen LogP contribution in [0.25, 0.3) is 0 Å². The third-order valence-electron chi connectivity index (χ3n) is 3.39. The zero-order valence-electron chi connectivity index (χ0n) is 14.4. The molecule has 0 unspecified atom stereocenters. The average Bonchev–Trinajstić information content (AvgIpc) is 2.57. The van der Waals surface area contributed by atoms with Crippen LogP contribution in [0.1, 0.15) is 5.56 Å². The highest BCUT2D eigenvalue weighted by Crippen LogP contribution is 2.19. The molecule has 0 atom stereocenters. The SMILES string of the molecule is Cc1ccc(NC(=O)CSCC(=O)Nc2ccccc2F)cc1S(N)(=O)=O. The number of para-hydroxylation sites is 1. The Hall–Kier alpha value is -2.43. The highest BCUT2D eigenvalue weighted by molar-refractivity contribution is 8.00. The first-order valence-corrected chi connectivity index (χ1v) is 10.4. The molecule has 27 heavy (non-hydrogen) atoms. The molecule has 0 saturated heterocycles. The van der Waals surface area contributed by atoms with Crippen LogP contribution in [0, 0.1) is 12.7 Å². The number of hydrogen-bond donors (Lipinski definition) is 3. The van der Waals surface area contributed by atoms with Crippen LogP contribution in [0.3, 0.4) is 0 Å². The summed E-state index contributed by atoms with van der Waals surface area (Å²) in [5.41, 5.74) is 0.823. The Balaban J connectivity index is 1.85. The molecular weight excluding hydrogens is 393 g/mol. The van der Waals surface area contributed by atoms with E-state index in [0.717, 1.165) is 11.8 Å². The Labute approximate surface area is 160 Å². The molecule has 10 heteroatoms. The van der Waals surface area contributed by atoms with Crippen molar-refractivity contribution in [3.05, 3.63) is 53.8 Å². The fourth-order valence-electron chi connectivity index (χ4n) is 2.17. The van der Waals surface area contributed by atoms with E-state index in [9.17, 15) is 22.4 Å². The van der Waals surface area contributed by atoms with Gasteiger partial charge in [-0.15, -0.1) is 11.8 Å². The van der Waals surface area contributed by atoms with Crippen molar-refractivity contribution < 1.29 is 22.4 Å². The van der Waals surface area contributed by atoms with E-state index in [1.54, 1.807) is 19.1 Å². The average molecular weight is 411 g/mol. The highest BCUT2D eigenvalue weighted by atomic mass is 32.2. The van der Waals surface area contributed by atoms with Gasteiger partial charge in [0, 0.05) is 5.69 Å². The van der Waals surface area contributed by atoms with E-state index in [0.29, 0.717) is 5.56 Å². The number of anilines is 2. The molecule has 4 N–H and O–H groups in total. The predicted octanol–water partition coefficient (Wildman–Crippen LogP) is 2.09. The van der Waals surface area contributed by atoms with Crippen molar-refractivity contribution in [2.45, 2.75) is 11.8 Å². The smallest absolute Gasteiger partial charge is 0.238 e. The van der Waals surface area contributed by atoms with Crippen molar-refractivity contribution in [3.63, 3.8) is 0 Å². The second-order valence-corrected chi connectivity index (χ2v) is 8.11. The van der Waals surface area contributed by atoms with Crippen LogP contribution >= 0.6 is 11.8 Å². The molecule has 2 aromatic carbocycles. The maximum absolute atomic E-state index is 13.5. The van der Waals surface area contributed by atoms with Crippen molar-refractivity contribution in [3.8, 4) is 0 Å². The summed E-state index contributed by atoms with van der Waals surface area (Å²) in [7, 11) is -3.89. The number of thioether (sulfide) groups is 1. The van der Waals surface area contributed by atoms with Crippen molar-refractivity contribution >= 4 is 45.0 Å². The summed E-state index contributed by atoms with van der Waals surface area (Å²) in [5, 5.41) is 10.1. The van der Waals surface area contributed by atoms with Gasteiger partial charge < -0.3 is 10.6 Å². The van der Waals surface area contributed by atoms with Gasteiger partial charge >= 0.3 is 0 Å². The Kier molecular flexibility index (Phi) is 6.94. The van der Waals surface area contributed by atoms with Crippen LogP contribution < -0.4 is 15.8 Å². The van der Waals surface area contributed by atoms with Gasteiger partial charge in [0.2, 0.25) is 21.8 Å². The minimum Gasteiger partial charge on any atom is -0.325 e. The summed E-state index contributed by atoms with van der Waals surface area (Å²) in [4.78, 5) is 23.7. The third kappa shape index (κ3) is 6.35. The van der Waals surface area contributed by atoms with Gasteiger partial charge in [-0.05, 0) is 36.8 Å². The summed E-state index contributed by atoms with van der Waals surface area (Å²) >= 11 is 1.04. The number of carbonyl (C=O) groups is 2. The van der Waals surface area contributed by atoms with Gasteiger partial charge in [-0.1, -0.05) is 18.2 Å². The molecule has 0 aromatic heterocycles. The van der Waals surface area contributed by atoms with Crippen LogP contribution in [0.5, 0.6) is 0 Å². The Morgan fingerprint density at radius 2 is 1.70 bits per heavy atom. The van der Waals surface area contributed by atoms with Crippen molar-refractivity contribution in [2.24, 2.45) is 5.14 Å². The highest BCUT2D eigenvalue weighted by Gasteiger charge is 2.13. The first kappa shape index (κ1) is 20.9. The van der Waals surface area contributed by atoms with E-state index in [4.69, 9.17) is 5.14 Å². The number of rotatable bonds is 7. The molecule has 7 nitrogen and oxygen atoms in total. The maximum atomic E-state index is 13.5. The molecule has 0 radical (unpaired) electrons. The zero-order valence-corrected chi connectivity index (χ0v) is 16.0. The van der Waals surface area contributed by atoms with E-state index < -0.39 is 27.7 Å². The third-order valence-corrected chi connectivity index (χ3v) is 5.38. The van der Waals surface area contributed by atoms with Crippen molar-refractivity contribution in [1.29, 1.82) is 0 Å². The fourth-order valence-corrected chi connectivity index (χ4v) is 3.59. The van der Waals surface area contributed by atoms with Gasteiger partial charge in [0.25, 0.3) is 0 Å². The first-order valence-electron chi connectivity index (χ1n) is 7.72. The topological polar surface area (TPSA) is 118 Å². The lowest BCUT2D eigenvalue weighted by Crippen LogP contribution is -2.19. The van der Waals surface area contributed by atoms with Gasteiger partial charge in [0.15, 0.2) is 0 Å². The van der Waals surface area contributed by atoms with E-state index in [-0.39, 0.29) is 27.8 Å². The largest absolute Gasteiger partial charge is 0.325 e. The minimum absolute atomic E-state index is 0.0384. The second kappa shape index (κ2) is 8.98. The number of nitrogens with one attached hydrogen (secondary N) is 2. The minimum atomic E-state index is -3.89. The summed E-state index contributed by atoms with van der Waals surface area (Å²) in [6, 6.07) is 10.1. The zero-order chi connectivity index (χ0) is 20.0. The second-order valence-electron chi connectivity index (χ2n) is 5.59. The standard InChI is InChI=1S/C17H18FN3O4S2/c1-11-6-7-12(8-15(11)27(19,24)25)20-16(22)9-26-10-17(23)21-14-5-3-2-4-13(14)18/h2-8H,9-10H2,1H3,(H,20,22)(H,21,23)(H2,19,24,25). The number of sulfonamides is 1. The molecule has 2 amide bonds. The molecule has 144 valence electrons. The van der Waals surface area contributed by atoms with Crippen LogP contribution in [-0.4, -0.2) is 31.7 Å². The number of benzene rings is 2. The van der Waals surface area contributed by atoms with Gasteiger partial charge in [-0.25, -0.2) is 17.9 Å². The Morgan fingerprint density at radius 3 is 2.33 bits per heavy atom. The number of carbonyl (C=O) groups excluding carboxylic acids is 2. The summed E-state index contributed by atoms with van der Waals surface area (Å²) in [6.45, 7) is 1.59. The van der Waals surface area contributed by atoms with Gasteiger partial charge in [-0.2, -0.15) is 0 Å². The summed E-state index contributed by atoms with van der Waals surface area (Å²) in [5.74, 6) is -1.48. The molecule has 2 rings (SSSR count). The van der Waals surface area contributed by atoms with Crippen molar-refractivity contribution in [1.82, 2.24) is 0 Å². The number of amides is 2. The van der Waals surface area contributed by atoms with Crippen LogP contribution in [-0.2, 0) is 19.6 Å². The normalized spacial score (nSPS) is 11.1. The number of hydrogen-bond acceptors (Lipinski definition) is 5. The van der Waals surface area contributed by atoms with Crippen LogP contribution in [0.2, 0.25) is 0 Å². The monoisotopic (exact) mass is 411 g/mol. The Morgan fingerprint density at radius 1 is 1.07 bits per heavy atom. The van der Waals surface area contributed by atoms with Gasteiger partial charge in [-0.3, -0.25) is 9.59 Å². The molecule has 0 aliphatic rings. The quantitative estimate of drug-likeness (QED) is 0.645. The lowest BCUT2D eigenvalue weighted by molar-refractivity contribution is -0.114. The molecular formula is C17H18FN3O4S2. The Bertz CT molecular complexity index is 964. The molecule has 0 aliphatic carbocycles. The van der Waals surface area contributed by atoms with E-state index >= 15 is 0 Å². The summed E-state index contributed by atoms with van der Waals surface area (Å²) < 4.78 is 36.5. The van der Waals surface area contributed by atoms with Crippen LogP contribution in [0.4, 0.5) is 15.8 Å². The van der Waals surface area contributed by atoms with Gasteiger partial charge in [0.05, 0.1) is 22.1 Å². The first-order chi connectivity index (χ1) is 12.7. The fraction of sp³-hybridized carbons (Fsp3) is 0.176. The lowest BCUT2D eigenvalue weighted by Gasteiger charge is -2.09. The van der Waals surface area contributed by atoms with E-state index in [1.165, 1.54) is 30.3 Å². The van der Waals surface area contributed by atoms with Gasteiger partial charge in [0.1, 0.15) is 5.82 Å². The molecule has 0 saturated carbocycles. The maximum Gasteiger partial charge on any atom is 0.238 e. The summed E-state index contributed by atoms with van der Waals surface area (Å²) in [6.07, 6.45) is 0. The number of primary sulfonamides is 1. The molecule has 0 aliphatic heterocycles. The van der Waals surface area contributed by atoms with Crippen LogP contribution in [0.15, 0.2) is 47.4 Å². The lowest BCUT2D eigenvalue weighted by atomic mass is 10.2. The molecule has 2 aromatic rings. The number of aryl methyl sites for hydroxylation is 1.